The van der Waals surface area contributed by atoms with Crippen molar-refractivity contribution in [2.45, 2.75) is 32.6 Å². The molecular formula is C17H25N3O2. The SMILES string of the molecule is CCCCN(C)CC(=O)Nc1cccc(N2CCCC2=O)c1. The van der Waals surface area contributed by atoms with E-state index in [1.807, 2.05) is 36.2 Å². The fourth-order valence-electron chi connectivity index (χ4n) is 2.63. The summed E-state index contributed by atoms with van der Waals surface area (Å²) in [4.78, 5) is 27.6. The van der Waals surface area contributed by atoms with Crippen LogP contribution in [0.4, 0.5) is 11.4 Å². The highest BCUT2D eigenvalue weighted by molar-refractivity contribution is 5.97. The number of benzene rings is 1. The topological polar surface area (TPSA) is 52.7 Å². The van der Waals surface area contributed by atoms with Crippen LogP contribution < -0.4 is 10.2 Å². The van der Waals surface area contributed by atoms with E-state index in [1.54, 1.807) is 4.90 Å². The first-order valence-electron chi connectivity index (χ1n) is 7.99. The average Bonchev–Trinajstić information content (AvgIpc) is 2.91. The highest BCUT2D eigenvalue weighted by atomic mass is 16.2. The fourth-order valence-corrected chi connectivity index (χ4v) is 2.63. The molecule has 0 atom stereocenters. The molecule has 2 amide bonds. The van der Waals surface area contributed by atoms with Gasteiger partial charge in [0.2, 0.25) is 11.8 Å². The van der Waals surface area contributed by atoms with Crippen LogP contribution in [0.3, 0.4) is 0 Å². The van der Waals surface area contributed by atoms with Gasteiger partial charge in [-0.05, 0) is 44.6 Å². The summed E-state index contributed by atoms with van der Waals surface area (Å²) in [7, 11) is 1.95. The van der Waals surface area contributed by atoms with Crippen LogP contribution in [-0.2, 0) is 9.59 Å². The van der Waals surface area contributed by atoms with Gasteiger partial charge in [-0.1, -0.05) is 19.4 Å². The van der Waals surface area contributed by atoms with Crippen molar-refractivity contribution in [3.8, 4) is 0 Å². The van der Waals surface area contributed by atoms with Gasteiger partial charge < -0.3 is 10.2 Å². The molecule has 1 heterocycles. The van der Waals surface area contributed by atoms with Gasteiger partial charge in [0.25, 0.3) is 0 Å². The lowest BCUT2D eigenvalue weighted by Crippen LogP contribution is -2.31. The van der Waals surface area contributed by atoms with Gasteiger partial charge in [0.1, 0.15) is 0 Å². The average molecular weight is 303 g/mol. The molecule has 2 rings (SSSR count). The summed E-state index contributed by atoms with van der Waals surface area (Å²) in [6.45, 7) is 4.20. The molecule has 1 saturated heterocycles. The predicted octanol–water partition coefficient (Wildman–Crippen LogP) is 2.48. The summed E-state index contributed by atoms with van der Waals surface area (Å²) in [5.74, 6) is 0.131. The smallest absolute Gasteiger partial charge is 0.238 e. The van der Waals surface area contributed by atoms with E-state index in [9.17, 15) is 9.59 Å². The summed E-state index contributed by atoms with van der Waals surface area (Å²) in [5.41, 5.74) is 1.60. The van der Waals surface area contributed by atoms with Gasteiger partial charge in [-0.3, -0.25) is 14.5 Å². The van der Waals surface area contributed by atoms with Crippen molar-refractivity contribution in [2.75, 3.05) is 36.9 Å². The van der Waals surface area contributed by atoms with Gasteiger partial charge in [0.05, 0.1) is 6.54 Å². The molecule has 1 aliphatic rings. The van der Waals surface area contributed by atoms with Crippen LogP contribution in [-0.4, -0.2) is 43.4 Å². The minimum absolute atomic E-state index is 0.0245. The molecule has 1 aromatic rings. The minimum atomic E-state index is -0.0245. The third-order valence-corrected chi connectivity index (χ3v) is 3.82. The van der Waals surface area contributed by atoms with Crippen molar-refractivity contribution in [1.29, 1.82) is 0 Å². The van der Waals surface area contributed by atoms with E-state index in [0.717, 1.165) is 43.7 Å². The van der Waals surface area contributed by atoms with Crippen LogP contribution in [0.1, 0.15) is 32.6 Å². The van der Waals surface area contributed by atoms with Gasteiger partial charge in [0.15, 0.2) is 0 Å². The number of unbranched alkanes of at least 4 members (excludes halogenated alkanes) is 1. The van der Waals surface area contributed by atoms with Crippen LogP contribution in [0.5, 0.6) is 0 Å². The molecule has 0 saturated carbocycles. The van der Waals surface area contributed by atoms with Gasteiger partial charge in [-0.2, -0.15) is 0 Å². The van der Waals surface area contributed by atoms with Crippen molar-refractivity contribution < 1.29 is 9.59 Å². The summed E-state index contributed by atoms with van der Waals surface area (Å²) in [5, 5.41) is 2.91. The molecule has 0 aliphatic carbocycles. The monoisotopic (exact) mass is 303 g/mol. The first-order chi connectivity index (χ1) is 10.6. The first-order valence-corrected chi connectivity index (χ1v) is 7.99. The molecular weight excluding hydrogens is 278 g/mol. The molecule has 0 unspecified atom stereocenters. The van der Waals surface area contributed by atoms with Crippen LogP contribution in [0.25, 0.3) is 0 Å². The zero-order valence-electron chi connectivity index (χ0n) is 13.5. The second-order valence-corrected chi connectivity index (χ2v) is 5.84. The summed E-state index contributed by atoms with van der Waals surface area (Å²) in [6, 6.07) is 7.50. The lowest BCUT2D eigenvalue weighted by Gasteiger charge is -2.18. The number of rotatable bonds is 7. The molecule has 1 N–H and O–H groups in total. The van der Waals surface area contributed by atoms with E-state index in [2.05, 4.69) is 12.2 Å². The summed E-state index contributed by atoms with van der Waals surface area (Å²) >= 11 is 0. The number of nitrogens with zero attached hydrogens (tertiary/aromatic N) is 2. The molecule has 0 radical (unpaired) electrons. The Kier molecular flexibility index (Phi) is 5.95. The van der Waals surface area contributed by atoms with Gasteiger partial charge in [-0.25, -0.2) is 0 Å². The van der Waals surface area contributed by atoms with Crippen molar-refractivity contribution >= 4 is 23.2 Å². The summed E-state index contributed by atoms with van der Waals surface area (Å²) < 4.78 is 0. The number of anilines is 2. The summed E-state index contributed by atoms with van der Waals surface area (Å²) in [6.07, 6.45) is 3.73. The molecule has 0 bridgehead atoms. The van der Waals surface area contributed by atoms with Crippen molar-refractivity contribution in [3.63, 3.8) is 0 Å². The zero-order valence-corrected chi connectivity index (χ0v) is 13.5. The van der Waals surface area contributed by atoms with Crippen molar-refractivity contribution in [3.05, 3.63) is 24.3 Å². The standard InChI is InChI=1S/C17H25N3O2/c1-3-4-10-19(2)13-16(21)18-14-7-5-8-15(12-14)20-11-6-9-17(20)22/h5,7-8,12H,3-4,6,9-11,13H2,1-2H3,(H,18,21). The second kappa shape index (κ2) is 7.94. The molecule has 0 spiro atoms. The Labute approximate surface area is 132 Å². The van der Waals surface area contributed by atoms with Crippen LogP contribution in [0, 0.1) is 0 Å². The van der Waals surface area contributed by atoms with E-state index in [-0.39, 0.29) is 11.8 Å². The number of carbonyl (C=O) groups excluding carboxylic acids is 2. The molecule has 1 aliphatic heterocycles. The van der Waals surface area contributed by atoms with Gasteiger partial charge in [-0.15, -0.1) is 0 Å². The lowest BCUT2D eigenvalue weighted by molar-refractivity contribution is -0.117. The third kappa shape index (κ3) is 4.56. The number of hydrogen-bond acceptors (Lipinski definition) is 3. The maximum atomic E-state index is 12.0. The molecule has 1 aromatic carbocycles. The van der Waals surface area contributed by atoms with Crippen molar-refractivity contribution in [1.82, 2.24) is 4.90 Å². The maximum absolute atomic E-state index is 12.0. The third-order valence-electron chi connectivity index (χ3n) is 3.82. The Morgan fingerprint density at radius 2 is 2.23 bits per heavy atom. The van der Waals surface area contributed by atoms with Crippen LogP contribution in [0.15, 0.2) is 24.3 Å². The minimum Gasteiger partial charge on any atom is -0.325 e. The number of carbonyl (C=O) groups is 2. The second-order valence-electron chi connectivity index (χ2n) is 5.84. The van der Waals surface area contributed by atoms with E-state index >= 15 is 0 Å². The Hall–Kier alpha value is -1.88. The Bertz CT molecular complexity index is 530. The number of hydrogen-bond donors (Lipinski definition) is 1. The highest BCUT2D eigenvalue weighted by Gasteiger charge is 2.21. The normalized spacial score (nSPS) is 14.7. The Morgan fingerprint density at radius 1 is 1.41 bits per heavy atom. The lowest BCUT2D eigenvalue weighted by atomic mass is 10.2. The highest BCUT2D eigenvalue weighted by Crippen LogP contribution is 2.24. The molecule has 5 nitrogen and oxygen atoms in total. The van der Waals surface area contributed by atoms with E-state index in [4.69, 9.17) is 0 Å². The van der Waals surface area contributed by atoms with Gasteiger partial charge in [0, 0.05) is 24.3 Å². The van der Waals surface area contributed by atoms with Crippen LogP contribution in [0.2, 0.25) is 0 Å². The van der Waals surface area contributed by atoms with E-state index < -0.39 is 0 Å². The maximum Gasteiger partial charge on any atom is 0.238 e. The molecule has 0 aromatic heterocycles. The molecule has 120 valence electrons. The largest absolute Gasteiger partial charge is 0.325 e. The Morgan fingerprint density at radius 3 is 2.91 bits per heavy atom. The predicted molar refractivity (Wildman–Crippen MR) is 89.1 cm³/mol. The number of likely N-dealkylation sites (N-methyl/N-ethyl adjacent to an activating group) is 1. The molecule has 5 heteroatoms. The van der Waals surface area contributed by atoms with Crippen LogP contribution >= 0.6 is 0 Å². The Balaban J connectivity index is 1.92. The first kappa shape index (κ1) is 16.5. The van der Waals surface area contributed by atoms with E-state index in [1.165, 1.54) is 0 Å². The quantitative estimate of drug-likeness (QED) is 0.842. The van der Waals surface area contributed by atoms with E-state index in [0.29, 0.717) is 13.0 Å². The molecule has 1 fully saturated rings. The van der Waals surface area contributed by atoms with Gasteiger partial charge >= 0.3 is 0 Å². The number of amides is 2. The zero-order chi connectivity index (χ0) is 15.9. The fraction of sp³-hybridized carbons (Fsp3) is 0.529. The van der Waals surface area contributed by atoms with Crippen molar-refractivity contribution in [2.24, 2.45) is 0 Å². The number of nitrogens with one attached hydrogen (secondary N) is 1. The molecule has 22 heavy (non-hydrogen) atoms.